The molecule has 2 aromatic carbocycles. The van der Waals surface area contributed by atoms with E-state index in [1.54, 1.807) is 35.5 Å². The molecule has 0 radical (unpaired) electrons. The number of nitrogens with one attached hydrogen (secondary N) is 1. The average molecular weight is 682 g/mol. The molecule has 12 heteroatoms. The Hall–Kier alpha value is -4.58. The van der Waals surface area contributed by atoms with E-state index in [9.17, 15) is 13.2 Å². The Kier molecular flexibility index (Phi) is 8.76. The standard InChI is InChI=1S/C37H43N7O4S/c1-24-9-5-10-25(2)34(24)31-18-33-41-36(40-31)42-49(46,47)30-14-6-11-26(17-30)35(45)44(29(23-48-33)19-37(3)15-8-16-37)22-27-20-38-21-32(39-27)43(4)28-12-7-13-28/h5-6,9-11,14,17-18,20-21,28-29H,7-8,12-13,15-16,19,22-23H2,1-4H3,(H,40,41,42)/t29-/m1/s1. The number of amides is 1. The molecule has 4 bridgehead atoms. The van der Waals surface area contributed by atoms with Gasteiger partial charge in [-0.25, -0.2) is 23.1 Å². The number of aromatic nitrogens is 4. The van der Waals surface area contributed by atoms with E-state index in [1.165, 1.54) is 18.6 Å². The first-order valence-electron chi connectivity index (χ1n) is 17.0. The average Bonchev–Trinajstić information content (AvgIpc) is 3.03. The van der Waals surface area contributed by atoms with E-state index in [2.05, 4.69) is 31.5 Å². The minimum atomic E-state index is -4.16. The molecule has 4 aromatic rings. The van der Waals surface area contributed by atoms with Gasteiger partial charge in [0.2, 0.25) is 11.8 Å². The normalized spacial score (nSPS) is 20.0. The van der Waals surface area contributed by atoms with Gasteiger partial charge in [-0.2, -0.15) is 4.98 Å². The maximum Gasteiger partial charge on any atom is 0.264 e. The maximum absolute atomic E-state index is 14.6. The number of fused-ring (bicyclic) bond motifs is 4. The summed E-state index contributed by atoms with van der Waals surface area (Å²) in [6.07, 6.45) is 10.9. The van der Waals surface area contributed by atoms with Gasteiger partial charge in [-0.3, -0.25) is 9.78 Å². The van der Waals surface area contributed by atoms with E-state index in [4.69, 9.17) is 9.72 Å². The molecule has 0 saturated heterocycles. The van der Waals surface area contributed by atoms with Gasteiger partial charge in [0.25, 0.3) is 15.9 Å². The van der Waals surface area contributed by atoms with Crippen molar-refractivity contribution in [2.45, 2.75) is 89.2 Å². The smallest absolute Gasteiger partial charge is 0.264 e. The summed E-state index contributed by atoms with van der Waals surface area (Å²) in [6.45, 7) is 6.56. The molecule has 1 atom stereocenters. The van der Waals surface area contributed by atoms with Crippen LogP contribution >= 0.6 is 0 Å². The first-order valence-corrected chi connectivity index (χ1v) is 18.5. The number of anilines is 2. The summed E-state index contributed by atoms with van der Waals surface area (Å²) >= 11 is 0. The Bertz CT molecular complexity index is 1970. The zero-order valence-electron chi connectivity index (χ0n) is 28.5. The third kappa shape index (κ3) is 6.83. The van der Waals surface area contributed by atoms with Gasteiger partial charge in [0.05, 0.1) is 41.3 Å². The third-order valence-electron chi connectivity index (χ3n) is 10.5. The number of hydrogen-bond acceptors (Lipinski definition) is 9. The molecule has 2 saturated carbocycles. The lowest BCUT2D eigenvalue weighted by Crippen LogP contribution is -2.47. The number of sulfonamides is 1. The fourth-order valence-corrected chi connectivity index (χ4v) is 8.16. The molecular formula is C37H43N7O4S. The van der Waals surface area contributed by atoms with Crippen LogP contribution in [0.3, 0.4) is 0 Å². The molecule has 3 aliphatic rings. The van der Waals surface area contributed by atoms with Crippen molar-refractivity contribution < 1.29 is 17.9 Å². The largest absolute Gasteiger partial charge is 0.475 e. The monoisotopic (exact) mass is 681 g/mol. The van der Waals surface area contributed by atoms with Gasteiger partial charge < -0.3 is 14.5 Å². The Morgan fingerprint density at radius 1 is 1.00 bits per heavy atom. The molecule has 2 aromatic heterocycles. The van der Waals surface area contributed by atoms with Crippen LogP contribution < -0.4 is 14.4 Å². The number of carbonyl (C=O) groups is 1. The van der Waals surface area contributed by atoms with E-state index in [1.807, 2.05) is 39.1 Å². The van der Waals surface area contributed by atoms with Crippen LogP contribution in [0.25, 0.3) is 11.3 Å². The first-order chi connectivity index (χ1) is 23.5. The lowest BCUT2D eigenvalue weighted by molar-refractivity contribution is 0.0349. The number of ether oxygens (including phenoxy) is 1. The topological polar surface area (TPSA) is 131 Å². The molecule has 256 valence electrons. The van der Waals surface area contributed by atoms with Crippen LogP contribution in [0.2, 0.25) is 0 Å². The SMILES string of the molecule is Cc1cccc(C)c1-c1cc2nc(n1)NS(=O)(=O)c1cccc(c1)C(=O)N(Cc1cncc(N(C)C3CCC3)n1)[C@H](CC1(C)CCC1)CO2. The highest BCUT2D eigenvalue weighted by Crippen LogP contribution is 2.45. The molecule has 2 aliphatic carbocycles. The lowest BCUT2D eigenvalue weighted by atomic mass is 9.67. The van der Waals surface area contributed by atoms with Crippen molar-refractivity contribution >= 4 is 27.7 Å². The van der Waals surface area contributed by atoms with Gasteiger partial charge in [-0.15, -0.1) is 0 Å². The van der Waals surface area contributed by atoms with Crippen LogP contribution in [0.15, 0.2) is 65.8 Å². The highest BCUT2D eigenvalue weighted by atomic mass is 32.2. The lowest BCUT2D eigenvalue weighted by Gasteiger charge is -2.43. The summed E-state index contributed by atoms with van der Waals surface area (Å²) in [4.78, 5) is 37.1. The molecule has 49 heavy (non-hydrogen) atoms. The van der Waals surface area contributed by atoms with Crippen LogP contribution in [0.4, 0.5) is 11.8 Å². The Balaban J connectivity index is 1.33. The Labute approximate surface area is 288 Å². The van der Waals surface area contributed by atoms with Gasteiger partial charge in [-0.05, 0) is 87.1 Å². The zero-order chi connectivity index (χ0) is 34.3. The molecular weight excluding hydrogens is 639 g/mol. The number of hydrogen-bond donors (Lipinski definition) is 1. The van der Waals surface area contributed by atoms with Crippen LogP contribution in [-0.2, 0) is 16.6 Å². The molecule has 1 amide bonds. The van der Waals surface area contributed by atoms with Gasteiger partial charge >= 0.3 is 0 Å². The van der Waals surface area contributed by atoms with Gasteiger partial charge in [0, 0.05) is 30.3 Å². The molecule has 1 aliphatic heterocycles. The van der Waals surface area contributed by atoms with Gasteiger partial charge in [0.1, 0.15) is 12.4 Å². The minimum Gasteiger partial charge on any atom is -0.475 e. The van der Waals surface area contributed by atoms with Crippen molar-refractivity contribution in [1.82, 2.24) is 24.8 Å². The van der Waals surface area contributed by atoms with E-state index >= 15 is 0 Å². The molecule has 0 spiro atoms. The van der Waals surface area contributed by atoms with Crippen molar-refractivity contribution in [2.24, 2.45) is 5.41 Å². The van der Waals surface area contributed by atoms with Crippen LogP contribution in [0.5, 0.6) is 5.88 Å². The molecule has 7 rings (SSSR count). The van der Waals surface area contributed by atoms with Crippen molar-refractivity contribution in [3.05, 3.63) is 83.3 Å². The van der Waals surface area contributed by atoms with Crippen LogP contribution in [-0.4, -0.2) is 64.9 Å². The Morgan fingerprint density at radius 2 is 1.76 bits per heavy atom. The summed E-state index contributed by atoms with van der Waals surface area (Å²) in [7, 11) is -2.12. The summed E-state index contributed by atoms with van der Waals surface area (Å²) in [5.41, 5.74) is 4.33. The molecule has 1 N–H and O–H groups in total. The highest BCUT2D eigenvalue weighted by Gasteiger charge is 2.38. The van der Waals surface area contributed by atoms with E-state index < -0.39 is 10.0 Å². The van der Waals surface area contributed by atoms with Crippen molar-refractivity contribution in [3.63, 3.8) is 0 Å². The predicted molar refractivity (Wildman–Crippen MR) is 188 cm³/mol. The number of nitrogens with zero attached hydrogens (tertiary/aromatic N) is 6. The van der Waals surface area contributed by atoms with E-state index in [-0.39, 0.29) is 52.8 Å². The first kappa shape index (κ1) is 32.9. The van der Waals surface area contributed by atoms with Gasteiger partial charge in [0.15, 0.2) is 0 Å². The van der Waals surface area contributed by atoms with Crippen LogP contribution in [0.1, 0.15) is 79.0 Å². The van der Waals surface area contributed by atoms with E-state index in [0.29, 0.717) is 23.9 Å². The molecule has 3 heterocycles. The second-order valence-corrected chi connectivity index (χ2v) is 15.8. The zero-order valence-corrected chi connectivity index (χ0v) is 29.3. The van der Waals surface area contributed by atoms with Gasteiger partial charge in [-0.1, -0.05) is 37.6 Å². The highest BCUT2D eigenvalue weighted by molar-refractivity contribution is 7.92. The summed E-state index contributed by atoms with van der Waals surface area (Å²) < 4.78 is 36.5. The number of carbonyl (C=O) groups excluding carboxylic acids is 1. The Morgan fingerprint density at radius 3 is 2.45 bits per heavy atom. The predicted octanol–water partition coefficient (Wildman–Crippen LogP) is 6.32. The van der Waals surface area contributed by atoms with E-state index in [0.717, 1.165) is 54.6 Å². The number of benzene rings is 2. The quantitative estimate of drug-likeness (QED) is 0.238. The summed E-state index contributed by atoms with van der Waals surface area (Å²) in [5, 5.41) is 0. The van der Waals surface area contributed by atoms with Crippen molar-refractivity contribution in [1.29, 1.82) is 0 Å². The summed E-state index contributed by atoms with van der Waals surface area (Å²) in [5.74, 6) is 0.580. The second-order valence-electron chi connectivity index (χ2n) is 14.1. The second kappa shape index (κ2) is 13.0. The number of aryl methyl sites for hydroxylation is 2. The number of rotatable bonds is 7. The van der Waals surface area contributed by atoms with Crippen LogP contribution in [0, 0.1) is 19.3 Å². The fourth-order valence-electron chi connectivity index (χ4n) is 7.17. The molecule has 2 fully saturated rings. The van der Waals surface area contributed by atoms with Crippen molar-refractivity contribution in [3.8, 4) is 17.1 Å². The minimum absolute atomic E-state index is 0.0332. The van der Waals surface area contributed by atoms with Crippen molar-refractivity contribution in [2.75, 3.05) is 23.3 Å². The maximum atomic E-state index is 14.6. The molecule has 0 unspecified atom stereocenters. The fraction of sp³-hybridized carbons (Fsp3) is 0.432. The molecule has 11 nitrogen and oxygen atoms in total. The summed E-state index contributed by atoms with van der Waals surface area (Å²) in [6, 6.07) is 13.9. The third-order valence-corrected chi connectivity index (χ3v) is 11.8.